The van der Waals surface area contributed by atoms with Gasteiger partial charge >= 0.3 is 0 Å². The van der Waals surface area contributed by atoms with Gasteiger partial charge in [0.05, 0.1) is 5.66 Å². The highest BCUT2D eigenvalue weighted by Crippen LogP contribution is 2.52. The summed E-state index contributed by atoms with van der Waals surface area (Å²) in [5.74, 6) is 0. The van der Waals surface area contributed by atoms with Crippen LogP contribution >= 0.6 is 0 Å². The van der Waals surface area contributed by atoms with Crippen LogP contribution in [0.5, 0.6) is 0 Å². The van der Waals surface area contributed by atoms with Gasteiger partial charge < -0.3 is 11.5 Å². The van der Waals surface area contributed by atoms with Gasteiger partial charge in [-0.1, -0.05) is 0 Å². The molecule has 0 aromatic carbocycles. The number of rotatable bonds is 1. The quantitative estimate of drug-likeness (QED) is 0.585. The first kappa shape index (κ1) is 8.48. The van der Waals surface area contributed by atoms with E-state index in [0.717, 1.165) is 13.1 Å². The fourth-order valence-electron chi connectivity index (χ4n) is 2.12. The molecule has 70 valence electrons. The summed E-state index contributed by atoms with van der Waals surface area (Å²) in [6, 6.07) is 0.361. The lowest BCUT2D eigenvalue weighted by atomic mass is 10.0. The monoisotopic (exact) mass is 169 g/mol. The van der Waals surface area contributed by atoms with Gasteiger partial charge in [0.15, 0.2) is 0 Å². The molecule has 1 saturated heterocycles. The minimum Gasteiger partial charge on any atom is -0.326 e. The second-order valence-corrected chi connectivity index (χ2v) is 5.00. The van der Waals surface area contributed by atoms with Crippen molar-refractivity contribution >= 4 is 0 Å². The van der Waals surface area contributed by atoms with Gasteiger partial charge in [-0.25, -0.2) is 0 Å². The van der Waals surface area contributed by atoms with Gasteiger partial charge in [0, 0.05) is 19.1 Å². The number of hydrogen-bond donors (Lipinski definition) is 2. The molecular formula is C9H19N3. The molecule has 1 saturated carbocycles. The first-order chi connectivity index (χ1) is 5.44. The molecule has 4 N–H and O–H groups in total. The predicted molar refractivity (Wildman–Crippen MR) is 49.5 cm³/mol. The smallest absolute Gasteiger partial charge is 0.0629 e. The third kappa shape index (κ3) is 1.16. The molecule has 3 heteroatoms. The number of hydrogen-bond acceptors (Lipinski definition) is 3. The summed E-state index contributed by atoms with van der Waals surface area (Å²) in [6.07, 6.45) is 2.61. The highest BCUT2D eigenvalue weighted by molar-refractivity contribution is 5.10. The Morgan fingerprint density at radius 3 is 2.25 bits per heavy atom. The summed E-state index contributed by atoms with van der Waals surface area (Å²) in [4.78, 5) is 2.31. The first-order valence-corrected chi connectivity index (χ1v) is 4.74. The summed E-state index contributed by atoms with van der Waals surface area (Å²) in [7, 11) is 0. The van der Waals surface area contributed by atoms with E-state index in [2.05, 4.69) is 18.7 Å². The Balaban J connectivity index is 2.06. The van der Waals surface area contributed by atoms with Crippen molar-refractivity contribution in [3.05, 3.63) is 0 Å². The molecule has 2 aliphatic rings. The van der Waals surface area contributed by atoms with Crippen LogP contribution in [0.4, 0.5) is 0 Å². The molecule has 2 fully saturated rings. The first-order valence-electron chi connectivity index (χ1n) is 4.74. The Bertz CT molecular complexity index is 190. The summed E-state index contributed by atoms with van der Waals surface area (Å²) in [5, 5.41) is 0. The van der Waals surface area contributed by atoms with E-state index in [9.17, 15) is 0 Å². The van der Waals surface area contributed by atoms with Crippen LogP contribution < -0.4 is 11.5 Å². The van der Waals surface area contributed by atoms with Crippen LogP contribution in [0, 0.1) is 5.41 Å². The van der Waals surface area contributed by atoms with Crippen molar-refractivity contribution in [3.63, 3.8) is 0 Å². The van der Waals surface area contributed by atoms with Gasteiger partial charge in [-0.3, -0.25) is 4.90 Å². The molecule has 2 rings (SSSR count). The van der Waals surface area contributed by atoms with Crippen LogP contribution in [-0.4, -0.2) is 29.7 Å². The third-order valence-corrected chi connectivity index (χ3v) is 3.42. The van der Waals surface area contributed by atoms with Gasteiger partial charge in [-0.05, 0) is 32.1 Å². The van der Waals surface area contributed by atoms with Crippen molar-refractivity contribution in [3.8, 4) is 0 Å². The average Bonchev–Trinajstić information content (AvgIpc) is 2.57. The second-order valence-electron chi connectivity index (χ2n) is 5.00. The molecular weight excluding hydrogens is 150 g/mol. The van der Waals surface area contributed by atoms with E-state index >= 15 is 0 Å². The molecule has 3 nitrogen and oxygen atoms in total. The molecule has 1 aliphatic carbocycles. The Kier molecular flexibility index (Phi) is 1.57. The zero-order valence-electron chi connectivity index (χ0n) is 8.01. The molecule has 12 heavy (non-hydrogen) atoms. The van der Waals surface area contributed by atoms with Crippen molar-refractivity contribution in [2.45, 2.75) is 38.4 Å². The summed E-state index contributed by atoms with van der Waals surface area (Å²) in [5.41, 5.74) is 12.4. The van der Waals surface area contributed by atoms with Crippen molar-refractivity contribution in [2.75, 3.05) is 13.1 Å². The van der Waals surface area contributed by atoms with Crippen LogP contribution in [0.3, 0.4) is 0 Å². The summed E-state index contributed by atoms with van der Waals surface area (Å²) < 4.78 is 0. The van der Waals surface area contributed by atoms with E-state index in [4.69, 9.17) is 11.5 Å². The molecule has 0 bridgehead atoms. The maximum absolute atomic E-state index is 6.06. The van der Waals surface area contributed by atoms with E-state index < -0.39 is 0 Å². The van der Waals surface area contributed by atoms with Crippen molar-refractivity contribution in [1.29, 1.82) is 0 Å². The van der Waals surface area contributed by atoms with Gasteiger partial charge in [-0.15, -0.1) is 0 Å². The van der Waals surface area contributed by atoms with E-state index in [1.165, 1.54) is 12.8 Å². The molecule has 1 heterocycles. The van der Waals surface area contributed by atoms with E-state index in [-0.39, 0.29) is 5.66 Å². The normalized spacial score (nSPS) is 34.5. The maximum atomic E-state index is 6.06. The zero-order valence-corrected chi connectivity index (χ0v) is 8.01. The molecule has 0 amide bonds. The van der Waals surface area contributed by atoms with Gasteiger partial charge in [0.1, 0.15) is 0 Å². The summed E-state index contributed by atoms with van der Waals surface area (Å²) in [6.45, 7) is 6.20. The van der Waals surface area contributed by atoms with Crippen molar-refractivity contribution in [2.24, 2.45) is 16.9 Å². The molecule has 0 aromatic rings. The molecule has 0 aromatic heterocycles. The highest BCUT2D eigenvalue weighted by atomic mass is 15.3. The standard InChI is InChI=1S/C9H19N3/c1-8(2,11)12-5-7(10)9(6-12)3-4-9/h7H,3-6,10-11H2,1-2H3/t7-/m0/s1. The zero-order chi connectivity index (χ0) is 8.98. The molecule has 1 aliphatic heterocycles. The largest absolute Gasteiger partial charge is 0.326 e. The van der Waals surface area contributed by atoms with Crippen LogP contribution in [0.25, 0.3) is 0 Å². The second kappa shape index (κ2) is 2.22. The predicted octanol–water partition coefficient (Wildman–Crippen LogP) is 0.104. The van der Waals surface area contributed by atoms with Crippen LogP contribution in [0.15, 0.2) is 0 Å². The van der Waals surface area contributed by atoms with Gasteiger partial charge in [-0.2, -0.15) is 0 Å². The van der Waals surface area contributed by atoms with Crippen LogP contribution in [0.2, 0.25) is 0 Å². The van der Waals surface area contributed by atoms with Crippen molar-refractivity contribution in [1.82, 2.24) is 4.90 Å². The molecule has 0 unspecified atom stereocenters. The Morgan fingerprint density at radius 1 is 1.42 bits per heavy atom. The number of nitrogens with zero attached hydrogens (tertiary/aromatic N) is 1. The maximum Gasteiger partial charge on any atom is 0.0629 e. The topological polar surface area (TPSA) is 55.3 Å². The summed E-state index contributed by atoms with van der Waals surface area (Å²) >= 11 is 0. The van der Waals surface area contributed by atoms with Gasteiger partial charge in [0.25, 0.3) is 0 Å². The average molecular weight is 169 g/mol. The Morgan fingerprint density at radius 2 is 2.00 bits per heavy atom. The lowest BCUT2D eigenvalue weighted by Crippen LogP contribution is -2.50. The molecule has 0 radical (unpaired) electrons. The Labute approximate surface area is 74.1 Å². The van der Waals surface area contributed by atoms with Crippen LogP contribution in [-0.2, 0) is 0 Å². The van der Waals surface area contributed by atoms with Gasteiger partial charge in [0.2, 0.25) is 0 Å². The number of nitrogens with two attached hydrogens (primary N) is 2. The number of likely N-dealkylation sites (tertiary alicyclic amines) is 1. The Hall–Kier alpha value is -0.120. The SMILES string of the molecule is CC(C)(N)N1C[C@H](N)C2(CC2)C1. The lowest BCUT2D eigenvalue weighted by molar-refractivity contribution is 0.153. The van der Waals surface area contributed by atoms with Crippen molar-refractivity contribution < 1.29 is 0 Å². The van der Waals surface area contributed by atoms with Crippen LogP contribution in [0.1, 0.15) is 26.7 Å². The molecule has 1 spiro atoms. The van der Waals surface area contributed by atoms with E-state index in [1.54, 1.807) is 0 Å². The fourth-order valence-corrected chi connectivity index (χ4v) is 2.12. The van der Waals surface area contributed by atoms with E-state index in [0.29, 0.717) is 11.5 Å². The molecule has 1 atom stereocenters. The highest BCUT2D eigenvalue weighted by Gasteiger charge is 2.55. The minimum absolute atomic E-state index is 0.191. The third-order valence-electron chi connectivity index (χ3n) is 3.42. The minimum atomic E-state index is -0.191. The lowest BCUT2D eigenvalue weighted by Gasteiger charge is -2.31. The fraction of sp³-hybridized carbons (Fsp3) is 1.00. The van der Waals surface area contributed by atoms with E-state index in [1.807, 2.05) is 0 Å².